The highest BCUT2D eigenvalue weighted by atomic mass is 32.2. The van der Waals surface area contributed by atoms with Crippen molar-refractivity contribution in [2.45, 2.75) is 38.0 Å². The van der Waals surface area contributed by atoms with Gasteiger partial charge in [0.2, 0.25) is 0 Å². The first-order valence-corrected chi connectivity index (χ1v) is 12.3. The van der Waals surface area contributed by atoms with Gasteiger partial charge in [-0.25, -0.2) is 9.97 Å². The molecule has 1 aromatic carbocycles. The highest BCUT2D eigenvalue weighted by Crippen LogP contribution is 2.40. The monoisotopic (exact) mass is 429 g/mol. The van der Waals surface area contributed by atoms with Crippen molar-refractivity contribution in [3.8, 4) is 11.1 Å². The largest absolute Gasteiger partial charge is 0.377 e. The molecule has 7 heteroatoms. The zero-order valence-electron chi connectivity index (χ0n) is 17.2. The zero-order valence-corrected chi connectivity index (χ0v) is 18.8. The number of rotatable bonds is 6. The number of hydrogen-bond donors (Lipinski definition) is 0. The Morgan fingerprint density at radius 1 is 1.21 bits per heavy atom. The summed E-state index contributed by atoms with van der Waals surface area (Å²) in [5.41, 5.74) is 2.33. The van der Waals surface area contributed by atoms with Gasteiger partial charge in [-0.2, -0.15) is 0 Å². The van der Waals surface area contributed by atoms with Crippen LogP contribution in [0.2, 0.25) is 0 Å². The summed E-state index contributed by atoms with van der Waals surface area (Å²) in [6.45, 7) is 6.19. The molecule has 3 aromatic rings. The van der Waals surface area contributed by atoms with Crippen LogP contribution in [0.15, 0.2) is 35.7 Å². The standard InChI is InChI=1S/C22H27N3O2S2/c1-4-22(5-2)15-25(11-12-29(22)26)20-19-17(16-9-7-6-8-10-16)14-28-21(19)24-18(23-20)13-27-3/h6-10,14H,4-5,11-13,15H2,1-3H3. The van der Waals surface area contributed by atoms with Gasteiger partial charge in [-0.3, -0.25) is 4.21 Å². The van der Waals surface area contributed by atoms with E-state index in [9.17, 15) is 4.21 Å². The highest BCUT2D eigenvalue weighted by molar-refractivity contribution is 7.86. The van der Waals surface area contributed by atoms with Gasteiger partial charge in [-0.15, -0.1) is 11.3 Å². The lowest BCUT2D eigenvalue weighted by Gasteiger charge is -2.42. The molecule has 154 valence electrons. The van der Waals surface area contributed by atoms with E-state index >= 15 is 0 Å². The van der Waals surface area contributed by atoms with Gasteiger partial charge in [0.15, 0.2) is 5.82 Å². The summed E-state index contributed by atoms with van der Waals surface area (Å²) < 4.78 is 18.0. The molecule has 1 unspecified atom stereocenters. The first kappa shape index (κ1) is 20.4. The summed E-state index contributed by atoms with van der Waals surface area (Å²) in [4.78, 5) is 13.0. The summed E-state index contributed by atoms with van der Waals surface area (Å²) in [6.07, 6.45) is 1.81. The smallest absolute Gasteiger partial charge is 0.158 e. The van der Waals surface area contributed by atoms with Gasteiger partial charge in [-0.1, -0.05) is 44.2 Å². The van der Waals surface area contributed by atoms with Crippen LogP contribution in [0.1, 0.15) is 32.5 Å². The maximum atomic E-state index is 12.9. The van der Waals surface area contributed by atoms with Crippen LogP contribution in [-0.4, -0.2) is 44.9 Å². The maximum absolute atomic E-state index is 12.9. The average Bonchev–Trinajstić information content (AvgIpc) is 3.19. The zero-order chi connectivity index (χ0) is 20.4. The van der Waals surface area contributed by atoms with Gasteiger partial charge in [-0.05, 0) is 18.4 Å². The second kappa shape index (κ2) is 8.50. The third-order valence-corrected chi connectivity index (χ3v) is 9.01. The molecule has 1 atom stereocenters. The molecule has 0 spiro atoms. The van der Waals surface area contributed by atoms with E-state index in [4.69, 9.17) is 14.7 Å². The molecular formula is C22H27N3O2S2. The van der Waals surface area contributed by atoms with E-state index in [1.807, 2.05) is 6.07 Å². The number of methoxy groups -OCH3 is 1. The van der Waals surface area contributed by atoms with Gasteiger partial charge < -0.3 is 9.64 Å². The van der Waals surface area contributed by atoms with Gasteiger partial charge in [0.25, 0.3) is 0 Å². The second-order valence-corrected chi connectivity index (χ2v) is 10.3. The molecule has 0 saturated carbocycles. The van der Waals surface area contributed by atoms with Crippen molar-refractivity contribution in [2.24, 2.45) is 0 Å². The summed E-state index contributed by atoms with van der Waals surface area (Å²) in [5, 5.41) is 3.26. The molecule has 0 radical (unpaired) electrons. The number of fused-ring (bicyclic) bond motifs is 1. The van der Waals surface area contributed by atoms with Crippen LogP contribution in [0.25, 0.3) is 21.3 Å². The van der Waals surface area contributed by atoms with Crippen LogP contribution in [0, 0.1) is 0 Å². The van der Waals surface area contributed by atoms with Gasteiger partial charge >= 0.3 is 0 Å². The van der Waals surface area contributed by atoms with Crippen molar-refractivity contribution >= 4 is 38.2 Å². The van der Waals surface area contributed by atoms with E-state index in [1.54, 1.807) is 18.4 Å². The SMILES string of the molecule is CCC1(CC)CN(c2nc(COC)nc3scc(-c4ccccc4)c23)CCS1=O. The van der Waals surface area contributed by atoms with Crippen molar-refractivity contribution in [3.63, 3.8) is 0 Å². The Kier molecular flexibility index (Phi) is 5.99. The second-order valence-electron chi connectivity index (χ2n) is 7.45. The lowest BCUT2D eigenvalue weighted by molar-refractivity contribution is 0.178. The minimum absolute atomic E-state index is 0.181. The first-order valence-electron chi connectivity index (χ1n) is 10.1. The summed E-state index contributed by atoms with van der Waals surface area (Å²) in [6, 6.07) is 10.4. The van der Waals surface area contributed by atoms with E-state index in [0.29, 0.717) is 18.2 Å². The number of anilines is 1. The fourth-order valence-electron chi connectivity index (χ4n) is 4.10. The van der Waals surface area contributed by atoms with Crippen LogP contribution < -0.4 is 4.90 Å². The summed E-state index contributed by atoms with van der Waals surface area (Å²) in [5.74, 6) is 2.32. The third-order valence-electron chi connectivity index (χ3n) is 5.92. The Morgan fingerprint density at radius 2 is 1.97 bits per heavy atom. The van der Waals surface area contributed by atoms with E-state index in [2.05, 4.69) is 48.4 Å². The number of aromatic nitrogens is 2. The molecule has 4 rings (SSSR count). The van der Waals surface area contributed by atoms with E-state index in [1.165, 1.54) is 5.56 Å². The Morgan fingerprint density at radius 3 is 2.66 bits per heavy atom. The quantitative estimate of drug-likeness (QED) is 0.572. The highest BCUT2D eigenvalue weighted by Gasteiger charge is 2.40. The Bertz CT molecular complexity index is 1020. The Balaban J connectivity index is 1.87. The molecule has 3 heterocycles. The molecule has 2 aromatic heterocycles. The predicted molar refractivity (Wildman–Crippen MR) is 122 cm³/mol. The number of hydrogen-bond acceptors (Lipinski definition) is 6. The van der Waals surface area contributed by atoms with Crippen LogP contribution >= 0.6 is 11.3 Å². The lowest BCUT2D eigenvalue weighted by Crippen LogP contribution is -2.53. The normalized spacial score (nSPS) is 19.0. The fraction of sp³-hybridized carbons (Fsp3) is 0.455. The van der Waals surface area contributed by atoms with Crippen molar-refractivity contribution in [2.75, 3.05) is 30.9 Å². The molecule has 0 aliphatic carbocycles. The van der Waals surface area contributed by atoms with Crippen LogP contribution in [0.3, 0.4) is 0 Å². The molecule has 1 aliphatic rings. The average molecular weight is 430 g/mol. The topological polar surface area (TPSA) is 55.3 Å². The van der Waals surface area contributed by atoms with Crippen molar-refractivity contribution in [1.29, 1.82) is 0 Å². The molecule has 1 aliphatic heterocycles. The molecule has 1 fully saturated rings. The first-order chi connectivity index (χ1) is 14.1. The van der Waals surface area contributed by atoms with Gasteiger partial charge in [0, 0.05) is 47.7 Å². The summed E-state index contributed by atoms with van der Waals surface area (Å²) in [7, 11) is 0.854. The van der Waals surface area contributed by atoms with Crippen LogP contribution in [0.5, 0.6) is 0 Å². The molecule has 0 bridgehead atoms. The van der Waals surface area contributed by atoms with Crippen molar-refractivity contribution in [1.82, 2.24) is 9.97 Å². The van der Waals surface area contributed by atoms with E-state index in [-0.39, 0.29) is 4.75 Å². The van der Waals surface area contributed by atoms with E-state index < -0.39 is 10.8 Å². The van der Waals surface area contributed by atoms with Crippen molar-refractivity contribution < 1.29 is 8.95 Å². The number of ether oxygens (including phenoxy) is 1. The maximum Gasteiger partial charge on any atom is 0.158 e. The minimum Gasteiger partial charge on any atom is -0.377 e. The number of benzene rings is 1. The van der Waals surface area contributed by atoms with Crippen LogP contribution in [0.4, 0.5) is 5.82 Å². The molecular weight excluding hydrogens is 402 g/mol. The minimum atomic E-state index is -0.812. The fourth-order valence-corrected chi connectivity index (χ4v) is 6.83. The molecule has 0 N–H and O–H groups in total. The van der Waals surface area contributed by atoms with Crippen molar-refractivity contribution in [3.05, 3.63) is 41.5 Å². The Labute approximate surface area is 178 Å². The lowest BCUT2D eigenvalue weighted by atomic mass is 10.0. The number of nitrogens with zero attached hydrogens (tertiary/aromatic N) is 3. The summed E-state index contributed by atoms with van der Waals surface area (Å²) >= 11 is 1.65. The predicted octanol–water partition coefficient (Wildman–Crippen LogP) is 4.63. The van der Waals surface area contributed by atoms with Crippen LogP contribution in [-0.2, 0) is 22.1 Å². The van der Waals surface area contributed by atoms with E-state index in [0.717, 1.165) is 47.5 Å². The van der Waals surface area contributed by atoms with Gasteiger partial charge in [0.1, 0.15) is 17.3 Å². The van der Waals surface area contributed by atoms with Gasteiger partial charge in [0.05, 0.1) is 10.1 Å². The molecule has 1 saturated heterocycles. The molecule has 0 amide bonds. The molecule has 29 heavy (non-hydrogen) atoms. The third kappa shape index (κ3) is 3.71. The molecule has 5 nitrogen and oxygen atoms in total. The number of thiophene rings is 1. The Hall–Kier alpha value is -1.83.